The lowest BCUT2D eigenvalue weighted by Gasteiger charge is -2.07. The molecule has 0 aliphatic rings. The van der Waals surface area contributed by atoms with Crippen LogP contribution in [0.15, 0.2) is 18.2 Å². The van der Waals surface area contributed by atoms with Crippen LogP contribution in [0.4, 0.5) is 5.69 Å². The summed E-state index contributed by atoms with van der Waals surface area (Å²) in [7, 11) is 0. The Bertz CT molecular complexity index is 528. The van der Waals surface area contributed by atoms with Crippen LogP contribution in [0.25, 0.3) is 0 Å². The quantitative estimate of drug-likeness (QED) is 0.540. The maximum atomic E-state index is 12.0. The van der Waals surface area contributed by atoms with Gasteiger partial charge in [0.05, 0.1) is 1.37 Å². The summed E-state index contributed by atoms with van der Waals surface area (Å²) in [6, 6.07) is -0.172. The topological polar surface area (TPSA) is 106 Å². The van der Waals surface area contributed by atoms with Crippen molar-refractivity contribution in [3.8, 4) is 0 Å². The molecule has 0 aliphatic carbocycles. The van der Waals surface area contributed by atoms with Crippen molar-refractivity contribution >= 4 is 29.0 Å². The number of benzene rings is 1. The van der Waals surface area contributed by atoms with Gasteiger partial charge in [0.15, 0.2) is 5.78 Å². The van der Waals surface area contributed by atoms with Gasteiger partial charge in [0.1, 0.15) is 6.04 Å². The molecule has 86 valence electrons. The Morgan fingerprint density at radius 3 is 2.81 bits per heavy atom. The van der Waals surface area contributed by atoms with Crippen LogP contribution in [-0.4, -0.2) is 22.9 Å². The Kier molecular flexibility index (Phi) is 2.65. The Morgan fingerprint density at radius 1 is 1.69 bits per heavy atom. The molecule has 0 amide bonds. The highest BCUT2D eigenvalue weighted by Gasteiger charge is 2.18. The molecule has 1 aromatic carbocycles. The number of nitrogen functional groups attached to an aromatic ring is 1. The smallest absolute Gasteiger partial charge is 0.320 e. The molecule has 0 aromatic heterocycles. The minimum absolute atomic E-state index is 0.113. The third-order valence-electron chi connectivity index (χ3n) is 1.72. The summed E-state index contributed by atoms with van der Waals surface area (Å²) in [5.74, 6) is -2.93. The fraction of sp³-hybridized carbons (Fsp3) is 0.200. The largest absolute Gasteiger partial charge is 0.480 e. The molecule has 6 heteroatoms. The molecule has 5 nitrogen and oxygen atoms in total. The van der Waals surface area contributed by atoms with Gasteiger partial charge >= 0.3 is 5.97 Å². The van der Waals surface area contributed by atoms with Gasteiger partial charge in [0.25, 0.3) is 0 Å². The van der Waals surface area contributed by atoms with E-state index in [1.807, 2.05) is 0 Å². The van der Waals surface area contributed by atoms with Crippen molar-refractivity contribution in [3.63, 3.8) is 0 Å². The van der Waals surface area contributed by atoms with E-state index in [4.69, 9.17) is 32.3 Å². The van der Waals surface area contributed by atoms with Crippen molar-refractivity contribution in [2.45, 2.75) is 12.4 Å². The number of Topliss-reactive ketones (excluding diaryl/α,β-unsaturated/α-hetero) is 1. The van der Waals surface area contributed by atoms with Gasteiger partial charge < -0.3 is 16.6 Å². The van der Waals surface area contributed by atoms with Crippen molar-refractivity contribution < 1.29 is 18.8 Å². The molecule has 1 atom stereocenters. The first-order valence-corrected chi connectivity index (χ1v) is 4.55. The molecule has 1 unspecified atom stereocenters. The van der Waals surface area contributed by atoms with Gasteiger partial charge in [0.2, 0.25) is 0 Å². The number of carboxylic acids is 1. The number of halogens is 1. The summed E-state index contributed by atoms with van der Waals surface area (Å²) < 4.78 is 22.6. The van der Waals surface area contributed by atoms with Gasteiger partial charge in [-0.25, -0.2) is 0 Å². The van der Waals surface area contributed by atoms with Gasteiger partial charge in [0, 0.05) is 25.4 Å². The fourth-order valence-corrected chi connectivity index (χ4v) is 1.13. The van der Waals surface area contributed by atoms with Gasteiger partial charge in [-0.1, -0.05) is 11.6 Å². The Morgan fingerprint density at radius 2 is 2.31 bits per heavy atom. The second-order valence-corrected chi connectivity index (χ2v) is 3.37. The molecule has 0 saturated heterocycles. The lowest BCUT2D eigenvalue weighted by atomic mass is 10.0. The van der Waals surface area contributed by atoms with Crippen LogP contribution < -0.4 is 11.5 Å². The number of rotatable bonds is 4. The summed E-state index contributed by atoms with van der Waals surface area (Å²) >= 11 is 5.63. The number of anilines is 1. The second-order valence-electron chi connectivity index (χ2n) is 2.94. The average molecular weight is 246 g/mol. The molecule has 0 fully saturated rings. The molecule has 0 bridgehead atoms. The van der Waals surface area contributed by atoms with Crippen molar-refractivity contribution in [2.24, 2.45) is 5.73 Å². The maximum absolute atomic E-state index is 12.0. The van der Waals surface area contributed by atoms with Gasteiger partial charge in [-0.15, -0.1) is 0 Å². The first-order chi connectivity index (χ1) is 8.59. The summed E-state index contributed by atoms with van der Waals surface area (Å²) in [5.41, 5.74) is 10.0. The Hall–Kier alpha value is -1.59. The predicted octanol–water partition coefficient (Wildman–Crippen LogP) is 0.907. The summed E-state index contributed by atoms with van der Waals surface area (Å²) in [5, 5.41) is 8.79. The van der Waals surface area contributed by atoms with E-state index in [1.165, 1.54) is 6.07 Å². The summed E-state index contributed by atoms with van der Waals surface area (Å²) in [4.78, 5) is 22.7. The second kappa shape index (κ2) is 4.96. The SMILES string of the molecule is [2H]c1cc(Cl)cc(N)c1C(=O)C([2H])([2H])C(N)C(=O)O. The summed E-state index contributed by atoms with van der Waals surface area (Å²) in [6.45, 7) is 0. The average Bonchev–Trinajstić information content (AvgIpc) is 2.26. The number of carbonyl (C=O) groups is 2. The molecule has 0 heterocycles. The number of ketones is 1. The highest BCUT2D eigenvalue weighted by Crippen LogP contribution is 2.19. The van der Waals surface area contributed by atoms with Crippen LogP contribution in [0.5, 0.6) is 0 Å². The monoisotopic (exact) mass is 245 g/mol. The molecule has 0 spiro atoms. The first-order valence-electron chi connectivity index (χ1n) is 5.67. The van der Waals surface area contributed by atoms with Gasteiger partial charge in [-0.05, 0) is 18.2 Å². The standard InChI is InChI=1S/C10H11ClN2O3/c11-5-1-2-6(7(12)3-5)9(14)4-8(13)10(15)16/h1-3,8H,4,12-13H2,(H,15,16)/i2D,4D2. The Labute approximate surface area is 101 Å². The minimum atomic E-state index is -2.89. The number of carboxylic acid groups (broad SMARTS) is 1. The normalized spacial score (nSPS) is 15.8. The fourth-order valence-electron chi connectivity index (χ4n) is 0.959. The van der Waals surface area contributed by atoms with E-state index in [9.17, 15) is 9.59 Å². The Balaban J connectivity index is 3.32. The van der Waals surface area contributed by atoms with Crippen LogP contribution in [0, 0.1) is 0 Å². The molecule has 1 rings (SSSR count). The number of aliphatic carboxylic acids is 1. The van der Waals surface area contributed by atoms with Crippen LogP contribution in [0.3, 0.4) is 0 Å². The third-order valence-corrected chi connectivity index (χ3v) is 1.93. The number of nitrogens with two attached hydrogens (primary N) is 2. The van der Waals surface area contributed by atoms with E-state index in [-0.39, 0.29) is 10.7 Å². The minimum Gasteiger partial charge on any atom is -0.480 e. The number of hydrogen-bond donors (Lipinski definition) is 3. The van der Waals surface area contributed by atoms with E-state index in [2.05, 4.69) is 0 Å². The van der Waals surface area contributed by atoms with Crippen LogP contribution in [0.1, 0.15) is 20.8 Å². The summed E-state index contributed by atoms with van der Waals surface area (Å²) in [6.07, 6.45) is -2.89. The zero-order valence-corrected chi connectivity index (χ0v) is 8.78. The highest BCUT2D eigenvalue weighted by atomic mass is 35.5. The van der Waals surface area contributed by atoms with Gasteiger partial charge in [-0.2, -0.15) is 0 Å². The molecule has 5 N–H and O–H groups in total. The predicted molar refractivity (Wildman–Crippen MR) is 60.4 cm³/mol. The van der Waals surface area contributed by atoms with Crippen molar-refractivity contribution in [3.05, 3.63) is 28.8 Å². The molecular formula is C10H11ClN2O3. The number of carbonyl (C=O) groups excluding carboxylic acids is 1. The third kappa shape index (κ3) is 2.95. The molecular weight excluding hydrogens is 232 g/mol. The van der Waals surface area contributed by atoms with Crippen molar-refractivity contribution in [1.29, 1.82) is 0 Å². The number of hydrogen-bond acceptors (Lipinski definition) is 4. The molecule has 0 radical (unpaired) electrons. The highest BCUT2D eigenvalue weighted by molar-refractivity contribution is 6.31. The lowest BCUT2D eigenvalue weighted by molar-refractivity contribution is -0.138. The zero-order chi connectivity index (χ0) is 15.0. The zero-order valence-electron chi connectivity index (χ0n) is 11.0. The lowest BCUT2D eigenvalue weighted by Crippen LogP contribution is -2.32. The van der Waals surface area contributed by atoms with E-state index < -0.39 is 35.8 Å². The van der Waals surface area contributed by atoms with Crippen LogP contribution >= 0.6 is 11.6 Å². The van der Waals surface area contributed by atoms with E-state index >= 15 is 0 Å². The van der Waals surface area contributed by atoms with E-state index in [0.717, 1.165) is 6.07 Å². The van der Waals surface area contributed by atoms with Crippen LogP contribution in [-0.2, 0) is 4.79 Å². The first kappa shape index (κ1) is 8.55. The van der Waals surface area contributed by atoms with Crippen molar-refractivity contribution in [2.75, 3.05) is 5.73 Å². The molecule has 1 aromatic rings. The van der Waals surface area contributed by atoms with Gasteiger partial charge in [-0.3, -0.25) is 9.59 Å². The van der Waals surface area contributed by atoms with Crippen LogP contribution in [0.2, 0.25) is 5.02 Å². The molecule has 16 heavy (non-hydrogen) atoms. The molecule has 0 aliphatic heterocycles. The molecule has 0 saturated carbocycles. The van der Waals surface area contributed by atoms with E-state index in [1.54, 1.807) is 0 Å². The van der Waals surface area contributed by atoms with Crippen molar-refractivity contribution in [1.82, 2.24) is 0 Å². The maximum Gasteiger partial charge on any atom is 0.320 e. The van der Waals surface area contributed by atoms with E-state index in [0.29, 0.717) is 0 Å².